The molecule has 1 aromatic rings. The van der Waals surface area contributed by atoms with Gasteiger partial charge in [-0.15, -0.1) is 11.8 Å². The molecule has 0 spiro atoms. The van der Waals surface area contributed by atoms with Crippen molar-refractivity contribution in [2.24, 2.45) is 0 Å². The molecule has 0 bridgehead atoms. The molecule has 2 aliphatic rings. The monoisotopic (exact) mass is 292 g/mol. The van der Waals surface area contributed by atoms with E-state index in [-0.39, 0.29) is 11.8 Å². The van der Waals surface area contributed by atoms with E-state index in [9.17, 15) is 14.7 Å². The predicted octanol–water partition coefficient (Wildman–Crippen LogP) is 1.33. The molecule has 3 rings (SSSR count). The molecular weight excluding hydrogens is 276 g/mol. The molecule has 1 fully saturated rings. The van der Waals surface area contributed by atoms with Gasteiger partial charge in [-0.1, -0.05) is 0 Å². The van der Waals surface area contributed by atoms with Crippen LogP contribution >= 0.6 is 11.8 Å². The summed E-state index contributed by atoms with van der Waals surface area (Å²) >= 11 is 1.48. The fourth-order valence-corrected chi connectivity index (χ4v) is 3.33. The molecular formula is C14H16N2O3S. The zero-order valence-corrected chi connectivity index (χ0v) is 11.8. The van der Waals surface area contributed by atoms with Crippen molar-refractivity contribution >= 4 is 29.3 Å². The Kier molecular flexibility index (Phi) is 3.67. The highest BCUT2D eigenvalue weighted by Crippen LogP contribution is 2.32. The number of anilines is 1. The number of thioether (sulfide) groups is 1. The van der Waals surface area contributed by atoms with Crippen LogP contribution in [0.25, 0.3) is 0 Å². The Morgan fingerprint density at radius 1 is 1.45 bits per heavy atom. The number of fused-ring (bicyclic) bond motifs is 1. The molecule has 0 aromatic heterocycles. The summed E-state index contributed by atoms with van der Waals surface area (Å²) < 4.78 is 0. The van der Waals surface area contributed by atoms with Crippen LogP contribution in [0.2, 0.25) is 0 Å². The maximum absolute atomic E-state index is 12.4. The topological polar surface area (TPSA) is 69.6 Å². The van der Waals surface area contributed by atoms with E-state index < -0.39 is 6.10 Å². The van der Waals surface area contributed by atoms with Crippen LogP contribution in [-0.2, 0) is 4.79 Å². The van der Waals surface area contributed by atoms with Crippen molar-refractivity contribution in [1.29, 1.82) is 0 Å². The Morgan fingerprint density at radius 3 is 3.10 bits per heavy atom. The van der Waals surface area contributed by atoms with E-state index in [4.69, 9.17) is 0 Å². The third-order valence-electron chi connectivity index (χ3n) is 3.54. The van der Waals surface area contributed by atoms with Crippen LogP contribution < -0.4 is 5.32 Å². The van der Waals surface area contributed by atoms with Crippen LogP contribution in [0.3, 0.4) is 0 Å². The highest BCUT2D eigenvalue weighted by Gasteiger charge is 2.24. The molecule has 20 heavy (non-hydrogen) atoms. The minimum absolute atomic E-state index is 0.0412. The van der Waals surface area contributed by atoms with Crippen LogP contribution in [0.5, 0.6) is 0 Å². The summed E-state index contributed by atoms with van der Waals surface area (Å²) in [7, 11) is 0. The van der Waals surface area contributed by atoms with Gasteiger partial charge >= 0.3 is 0 Å². The lowest BCUT2D eigenvalue weighted by atomic mass is 10.1. The molecule has 2 heterocycles. The van der Waals surface area contributed by atoms with Crippen LogP contribution in [0.15, 0.2) is 23.1 Å². The second-order valence-corrected chi connectivity index (χ2v) is 6.11. The minimum Gasteiger partial charge on any atom is -0.391 e. The number of carbonyl (C=O) groups is 2. The number of amides is 2. The van der Waals surface area contributed by atoms with Gasteiger partial charge in [-0.25, -0.2) is 0 Å². The van der Waals surface area contributed by atoms with E-state index in [2.05, 4.69) is 5.32 Å². The molecule has 0 aliphatic carbocycles. The van der Waals surface area contributed by atoms with E-state index in [1.54, 1.807) is 17.0 Å². The Bertz CT molecular complexity index is 561. The number of nitrogens with zero attached hydrogens (tertiary/aromatic N) is 1. The number of benzene rings is 1. The number of piperidine rings is 1. The van der Waals surface area contributed by atoms with Gasteiger partial charge < -0.3 is 15.3 Å². The number of likely N-dealkylation sites (tertiary alicyclic amines) is 1. The van der Waals surface area contributed by atoms with E-state index in [0.717, 1.165) is 17.7 Å². The molecule has 6 heteroatoms. The number of rotatable bonds is 1. The van der Waals surface area contributed by atoms with Crippen LogP contribution in [0.4, 0.5) is 5.69 Å². The van der Waals surface area contributed by atoms with Gasteiger partial charge in [-0.2, -0.15) is 0 Å². The Balaban J connectivity index is 1.81. The van der Waals surface area contributed by atoms with Crippen molar-refractivity contribution in [3.8, 4) is 0 Å². The van der Waals surface area contributed by atoms with Gasteiger partial charge in [0, 0.05) is 23.5 Å². The quantitative estimate of drug-likeness (QED) is 0.819. The summed E-state index contributed by atoms with van der Waals surface area (Å²) in [5, 5.41) is 12.4. The highest BCUT2D eigenvalue weighted by atomic mass is 32.2. The van der Waals surface area contributed by atoms with Crippen LogP contribution in [0.1, 0.15) is 23.2 Å². The number of aliphatic hydroxyl groups excluding tert-OH is 1. The minimum atomic E-state index is -0.430. The third kappa shape index (κ3) is 2.66. The molecule has 1 unspecified atom stereocenters. The lowest BCUT2D eigenvalue weighted by molar-refractivity contribution is -0.113. The van der Waals surface area contributed by atoms with Crippen molar-refractivity contribution in [2.75, 3.05) is 24.2 Å². The Labute approximate surface area is 121 Å². The van der Waals surface area contributed by atoms with Crippen molar-refractivity contribution < 1.29 is 14.7 Å². The van der Waals surface area contributed by atoms with Gasteiger partial charge in [0.1, 0.15) is 0 Å². The molecule has 2 aliphatic heterocycles. The van der Waals surface area contributed by atoms with Crippen LogP contribution in [0, 0.1) is 0 Å². The first-order valence-corrected chi connectivity index (χ1v) is 7.66. The van der Waals surface area contributed by atoms with E-state index in [1.807, 2.05) is 6.07 Å². The zero-order valence-electron chi connectivity index (χ0n) is 11.0. The second-order valence-electron chi connectivity index (χ2n) is 5.10. The number of carbonyl (C=O) groups excluding carboxylic acids is 2. The molecule has 0 radical (unpaired) electrons. The maximum Gasteiger partial charge on any atom is 0.254 e. The fourth-order valence-electron chi connectivity index (χ4n) is 2.54. The number of β-amino-alcohol motifs (C(OH)–C–C–N with tert-alkyl or cyclic N) is 1. The summed E-state index contributed by atoms with van der Waals surface area (Å²) in [5.74, 6) is 0.287. The fraction of sp³-hybridized carbons (Fsp3) is 0.429. The number of hydrogen-bond donors (Lipinski definition) is 2. The molecule has 1 aromatic carbocycles. The van der Waals surface area contributed by atoms with Crippen molar-refractivity contribution in [3.05, 3.63) is 23.8 Å². The molecule has 5 nitrogen and oxygen atoms in total. The first-order valence-electron chi connectivity index (χ1n) is 6.67. The van der Waals surface area contributed by atoms with Gasteiger partial charge in [0.25, 0.3) is 5.91 Å². The average molecular weight is 292 g/mol. The summed E-state index contributed by atoms with van der Waals surface area (Å²) in [6.45, 7) is 1.06. The van der Waals surface area contributed by atoms with Crippen molar-refractivity contribution in [2.45, 2.75) is 23.8 Å². The summed E-state index contributed by atoms with van der Waals surface area (Å²) in [6, 6.07) is 5.38. The third-order valence-corrected chi connectivity index (χ3v) is 4.62. The molecule has 2 N–H and O–H groups in total. The standard InChI is InChI=1S/C14H16N2O3S/c17-10-2-1-5-16(7-10)14(19)9-3-4-12-11(6-9)15-13(18)8-20-12/h3-4,6,10,17H,1-2,5,7-8H2,(H,15,18). The number of aliphatic hydroxyl groups is 1. The van der Waals surface area contributed by atoms with E-state index in [1.165, 1.54) is 11.8 Å². The SMILES string of the molecule is O=C1CSc2ccc(C(=O)N3CCCC(O)C3)cc2N1. The average Bonchev–Trinajstić information content (AvgIpc) is 2.45. The first-order chi connectivity index (χ1) is 9.63. The maximum atomic E-state index is 12.4. The molecule has 2 amide bonds. The summed E-state index contributed by atoms with van der Waals surface area (Å²) in [5.41, 5.74) is 1.26. The van der Waals surface area contributed by atoms with Gasteiger partial charge in [0.2, 0.25) is 5.91 Å². The highest BCUT2D eigenvalue weighted by molar-refractivity contribution is 8.00. The van der Waals surface area contributed by atoms with Gasteiger partial charge in [0.05, 0.1) is 17.5 Å². The zero-order chi connectivity index (χ0) is 14.1. The lowest BCUT2D eigenvalue weighted by Crippen LogP contribution is -2.42. The predicted molar refractivity (Wildman–Crippen MR) is 76.9 cm³/mol. The summed E-state index contributed by atoms with van der Waals surface area (Å²) in [6.07, 6.45) is 1.14. The summed E-state index contributed by atoms with van der Waals surface area (Å²) in [4.78, 5) is 26.5. The molecule has 106 valence electrons. The Morgan fingerprint density at radius 2 is 2.30 bits per heavy atom. The van der Waals surface area contributed by atoms with Crippen molar-refractivity contribution in [1.82, 2.24) is 4.90 Å². The lowest BCUT2D eigenvalue weighted by Gasteiger charge is -2.30. The second kappa shape index (κ2) is 5.46. The van der Waals surface area contributed by atoms with Crippen LogP contribution in [-0.4, -0.2) is 46.8 Å². The van der Waals surface area contributed by atoms with Gasteiger partial charge in [-0.3, -0.25) is 9.59 Å². The van der Waals surface area contributed by atoms with E-state index in [0.29, 0.717) is 30.1 Å². The van der Waals surface area contributed by atoms with Crippen molar-refractivity contribution in [3.63, 3.8) is 0 Å². The van der Waals surface area contributed by atoms with Gasteiger partial charge in [-0.05, 0) is 31.0 Å². The largest absolute Gasteiger partial charge is 0.391 e. The smallest absolute Gasteiger partial charge is 0.254 e. The number of hydrogen-bond acceptors (Lipinski definition) is 4. The Hall–Kier alpha value is -1.53. The molecule has 1 atom stereocenters. The number of nitrogens with one attached hydrogen (secondary N) is 1. The normalized spacial score (nSPS) is 22.1. The first kappa shape index (κ1) is 13.5. The molecule has 1 saturated heterocycles. The molecule has 0 saturated carbocycles. The van der Waals surface area contributed by atoms with E-state index >= 15 is 0 Å². The van der Waals surface area contributed by atoms with Gasteiger partial charge in [0.15, 0.2) is 0 Å².